The molecule has 7 nitrogen and oxygen atoms in total. The van der Waals surface area contributed by atoms with Crippen molar-refractivity contribution < 1.29 is 20.1 Å². The Morgan fingerprint density at radius 2 is 2.06 bits per heavy atom. The zero-order chi connectivity index (χ0) is 23.4. The first-order valence-electron chi connectivity index (χ1n) is 10.3. The second-order valence-electron chi connectivity index (χ2n) is 7.74. The lowest BCUT2D eigenvalue weighted by molar-refractivity contribution is -0.119. The summed E-state index contributed by atoms with van der Waals surface area (Å²) in [5.74, 6) is -5.04. The molecule has 9 heteroatoms. The molecule has 0 radical (unpaired) electrons. The fourth-order valence-corrected chi connectivity index (χ4v) is 3.51. The molecule has 3 aromatic heterocycles. The number of aromatic nitrogens is 3. The van der Waals surface area contributed by atoms with Gasteiger partial charge in [-0.15, -0.1) is 0 Å². The molecule has 1 fully saturated rings. The average Bonchev–Trinajstić information content (AvgIpc) is 3.39. The number of pyridine rings is 3. The second-order valence-corrected chi connectivity index (χ2v) is 7.74. The standard InChI is InChI=1S/C22H22F2N4O3/c1-4-18(29)16-5-11(2)14(10-25-16)13-6-12-9-26-19(7-17(12)28(3)21(13)31)27-20(30)15-8-22(15,23)24/h5-7,9-10,15,18,29H,4,8H2,1-3H3,(H,26,27,30)/t15-,18+/m0/s1/i18D. The van der Waals surface area contributed by atoms with E-state index in [1.54, 1.807) is 33.0 Å². The number of amides is 1. The van der Waals surface area contributed by atoms with Crippen LogP contribution in [0.5, 0.6) is 0 Å². The van der Waals surface area contributed by atoms with Crippen molar-refractivity contribution in [3.05, 3.63) is 52.2 Å². The fraction of sp³-hybridized carbons (Fsp3) is 0.364. The number of alkyl halides is 2. The van der Waals surface area contributed by atoms with Crippen molar-refractivity contribution in [2.24, 2.45) is 13.0 Å². The summed E-state index contributed by atoms with van der Waals surface area (Å²) >= 11 is 0. The molecule has 0 saturated heterocycles. The summed E-state index contributed by atoms with van der Waals surface area (Å²) in [4.78, 5) is 33.3. The maximum atomic E-state index is 13.1. The number of anilines is 1. The van der Waals surface area contributed by atoms with Crippen molar-refractivity contribution in [2.45, 2.75) is 38.7 Å². The van der Waals surface area contributed by atoms with Crippen LogP contribution >= 0.6 is 0 Å². The summed E-state index contributed by atoms with van der Waals surface area (Å²) in [5, 5.41) is 13.1. The molecule has 3 heterocycles. The molecular weight excluding hydrogens is 406 g/mol. The molecular formula is C22H22F2N4O3. The minimum absolute atomic E-state index is 0.0875. The summed E-state index contributed by atoms with van der Waals surface area (Å²) in [6.07, 6.45) is 0.790. The van der Waals surface area contributed by atoms with E-state index in [0.717, 1.165) is 0 Å². The highest BCUT2D eigenvalue weighted by molar-refractivity contribution is 5.96. The number of fused-ring (bicyclic) bond motifs is 1. The molecule has 1 aliphatic rings. The van der Waals surface area contributed by atoms with E-state index in [-0.39, 0.29) is 23.5 Å². The van der Waals surface area contributed by atoms with Gasteiger partial charge < -0.3 is 15.0 Å². The molecule has 0 spiro atoms. The molecule has 0 aliphatic heterocycles. The molecule has 1 saturated carbocycles. The highest BCUT2D eigenvalue weighted by atomic mass is 19.3. The molecule has 1 aliphatic carbocycles. The Kier molecular flexibility index (Phi) is 4.77. The second kappa shape index (κ2) is 7.49. The molecule has 2 atom stereocenters. The van der Waals surface area contributed by atoms with Gasteiger partial charge in [-0.2, -0.15) is 0 Å². The highest BCUT2D eigenvalue weighted by Crippen LogP contribution is 2.49. The predicted octanol–water partition coefficient (Wildman–Crippen LogP) is 3.34. The van der Waals surface area contributed by atoms with E-state index in [2.05, 4.69) is 15.3 Å². The minimum Gasteiger partial charge on any atom is -0.387 e. The number of hydrogen-bond donors (Lipinski definition) is 2. The van der Waals surface area contributed by atoms with Crippen molar-refractivity contribution in [3.8, 4) is 11.1 Å². The van der Waals surface area contributed by atoms with Gasteiger partial charge in [0.25, 0.3) is 11.5 Å². The number of nitrogens with zero attached hydrogens (tertiary/aromatic N) is 3. The maximum absolute atomic E-state index is 13.1. The molecule has 2 N–H and O–H groups in total. The molecule has 0 unspecified atom stereocenters. The number of carbonyl (C=O) groups is 1. The Labute approximate surface area is 178 Å². The van der Waals surface area contributed by atoms with Gasteiger partial charge >= 0.3 is 0 Å². The molecule has 162 valence electrons. The molecule has 31 heavy (non-hydrogen) atoms. The van der Waals surface area contributed by atoms with E-state index >= 15 is 0 Å². The zero-order valence-corrected chi connectivity index (χ0v) is 17.2. The first kappa shape index (κ1) is 19.7. The van der Waals surface area contributed by atoms with Crippen LogP contribution in [-0.2, 0) is 11.8 Å². The van der Waals surface area contributed by atoms with Crippen LogP contribution in [-0.4, -0.2) is 31.5 Å². The van der Waals surface area contributed by atoms with Crippen LogP contribution in [0.2, 0.25) is 0 Å². The Hall–Kier alpha value is -3.20. The fourth-order valence-electron chi connectivity index (χ4n) is 3.51. The third kappa shape index (κ3) is 3.81. The Morgan fingerprint density at radius 3 is 2.68 bits per heavy atom. The number of rotatable bonds is 5. The maximum Gasteiger partial charge on any atom is 0.260 e. The zero-order valence-electron chi connectivity index (χ0n) is 18.2. The molecule has 4 rings (SSSR count). The van der Waals surface area contributed by atoms with Gasteiger partial charge in [-0.1, -0.05) is 6.92 Å². The predicted molar refractivity (Wildman–Crippen MR) is 112 cm³/mol. The van der Waals surface area contributed by atoms with Crippen molar-refractivity contribution in [3.63, 3.8) is 0 Å². The van der Waals surface area contributed by atoms with E-state index < -0.39 is 30.2 Å². The van der Waals surface area contributed by atoms with Crippen LogP contribution in [0.15, 0.2) is 35.4 Å². The minimum atomic E-state index is -2.98. The number of aryl methyl sites for hydroxylation is 2. The Bertz CT molecular complexity index is 1310. The van der Waals surface area contributed by atoms with Gasteiger partial charge in [-0.05, 0) is 31.0 Å². The van der Waals surface area contributed by atoms with Gasteiger partial charge in [0.15, 0.2) is 0 Å². The third-order valence-corrected chi connectivity index (χ3v) is 5.53. The van der Waals surface area contributed by atoms with E-state index in [0.29, 0.717) is 27.6 Å². The highest BCUT2D eigenvalue weighted by Gasteiger charge is 2.61. The summed E-state index contributed by atoms with van der Waals surface area (Å²) < 4.78 is 35.5. The van der Waals surface area contributed by atoms with Gasteiger partial charge in [0.1, 0.15) is 11.7 Å². The van der Waals surface area contributed by atoms with Crippen LogP contribution in [0.1, 0.15) is 38.5 Å². The number of aliphatic hydroxyl groups is 1. The van der Waals surface area contributed by atoms with Gasteiger partial charge in [0.05, 0.1) is 18.7 Å². The smallest absolute Gasteiger partial charge is 0.260 e. The monoisotopic (exact) mass is 429 g/mol. The van der Waals surface area contributed by atoms with E-state index in [4.69, 9.17) is 1.37 Å². The van der Waals surface area contributed by atoms with Crippen LogP contribution in [0.3, 0.4) is 0 Å². The molecule has 0 bridgehead atoms. The molecule has 1 amide bonds. The number of nitrogens with one attached hydrogen (secondary N) is 1. The van der Waals surface area contributed by atoms with E-state index in [1.807, 2.05) is 0 Å². The largest absolute Gasteiger partial charge is 0.387 e. The molecule has 3 aromatic rings. The SMILES string of the molecule is [2H][C@@](O)(CC)c1cc(C)c(-c2cc3cnc(NC(=O)[C@@H]4CC4(F)F)cc3n(C)c2=O)cn1. The lowest BCUT2D eigenvalue weighted by Gasteiger charge is -2.14. The Balaban J connectivity index is 1.71. The number of halogens is 2. The number of carbonyl (C=O) groups excluding carboxylic acids is 1. The topological polar surface area (TPSA) is 97.1 Å². The first-order chi connectivity index (χ1) is 14.9. The van der Waals surface area contributed by atoms with Crippen LogP contribution < -0.4 is 10.9 Å². The lowest BCUT2D eigenvalue weighted by Crippen LogP contribution is -2.21. The quantitative estimate of drug-likeness (QED) is 0.648. The van der Waals surface area contributed by atoms with Crippen LogP contribution in [0.4, 0.5) is 14.6 Å². The van der Waals surface area contributed by atoms with Gasteiger partial charge in [0, 0.05) is 48.4 Å². The van der Waals surface area contributed by atoms with E-state index in [1.165, 1.54) is 23.0 Å². The average molecular weight is 429 g/mol. The first-order valence-corrected chi connectivity index (χ1v) is 9.83. The van der Waals surface area contributed by atoms with E-state index in [9.17, 15) is 23.5 Å². The van der Waals surface area contributed by atoms with Crippen LogP contribution in [0.25, 0.3) is 22.0 Å². The van der Waals surface area contributed by atoms with Crippen LogP contribution in [0, 0.1) is 12.8 Å². The normalized spacial score (nSPS) is 19.5. The Morgan fingerprint density at radius 1 is 1.35 bits per heavy atom. The molecule has 0 aromatic carbocycles. The lowest BCUT2D eigenvalue weighted by atomic mass is 10.0. The summed E-state index contributed by atoms with van der Waals surface area (Å²) in [6.45, 7) is 3.44. The number of hydrogen-bond acceptors (Lipinski definition) is 5. The summed E-state index contributed by atoms with van der Waals surface area (Å²) in [5.41, 5.74) is 1.92. The summed E-state index contributed by atoms with van der Waals surface area (Å²) in [7, 11) is 1.56. The van der Waals surface area contributed by atoms with Gasteiger partial charge in [-0.25, -0.2) is 13.8 Å². The summed E-state index contributed by atoms with van der Waals surface area (Å²) in [6, 6.07) is 4.69. The van der Waals surface area contributed by atoms with Crippen molar-refractivity contribution in [1.82, 2.24) is 14.5 Å². The van der Waals surface area contributed by atoms with Gasteiger partial charge in [-0.3, -0.25) is 14.6 Å². The third-order valence-electron chi connectivity index (χ3n) is 5.53. The van der Waals surface area contributed by atoms with Crippen molar-refractivity contribution in [2.75, 3.05) is 5.32 Å². The van der Waals surface area contributed by atoms with Crippen molar-refractivity contribution >= 4 is 22.6 Å². The van der Waals surface area contributed by atoms with Crippen molar-refractivity contribution in [1.29, 1.82) is 0 Å². The van der Waals surface area contributed by atoms with Gasteiger partial charge in [0.2, 0.25) is 5.91 Å².